The average molecular weight is 463 g/mol. The summed E-state index contributed by atoms with van der Waals surface area (Å²) in [6, 6.07) is 13.6. The number of ether oxygens (including phenoxy) is 1. The highest BCUT2D eigenvalue weighted by atomic mass is 35.5. The number of hydrogen-bond donors (Lipinski definition) is 0. The number of halogens is 1. The molecule has 0 N–H and O–H groups in total. The van der Waals surface area contributed by atoms with Crippen LogP contribution in [-0.2, 0) is 9.59 Å². The summed E-state index contributed by atoms with van der Waals surface area (Å²) < 4.78 is 5.24. The van der Waals surface area contributed by atoms with Crippen molar-refractivity contribution < 1.29 is 19.1 Å². The van der Waals surface area contributed by atoms with E-state index in [1.165, 1.54) is 9.80 Å². The molecule has 7 rings (SSSR count). The minimum atomic E-state index is -0.309. The molecule has 33 heavy (non-hydrogen) atoms. The van der Waals surface area contributed by atoms with Crippen LogP contribution in [0.15, 0.2) is 60.7 Å². The lowest BCUT2D eigenvalue weighted by molar-refractivity contribution is -0.140. The zero-order chi connectivity index (χ0) is 22.9. The monoisotopic (exact) mass is 462 g/mol. The van der Waals surface area contributed by atoms with E-state index in [-0.39, 0.29) is 48.1 Å². The molecule has 0 radical (unpaired) electrons. The molecule has 2 aromatic carbocycles. The molecule has 6 nitrogen and oxygen atoms in total. The topological polar surface area (TPSA) is 66.9 Å². The molecule has 1 saturated heterocycles. The number of carbonyl (C=O) groups excluding carboxylic acids is 3. The third kappa shape index (κ3) is 3.11. The molecule has 7 heteroatoms. The Morgan fingerprint density at radius 1 is 0.970 bits per heavy atom. The first-order valence-corrected chi connectivity index (χ1v) is 11.6. The fourth-order valence-corrected chi connectivity index (χ4v) is 6.20. The normalized spacial score (nSPS) is 30.8. The third-order valence-electron chi connectivity index (χ3n) is 7.76. The highest BCUT2D eigenvalue weighted by Gasteiger charge is 2.67. The first kappa shape index (κ1) is 20.5. The van der Waals surface area contributed by atoms with Gasteiger partial charge in [-0.15, -0.1) is 0 Å². The number of rotatable bonds is 5. The van der Waals surface area contributed by atoms with Gasteiger partial charge in [0.25, 0.3) is 5.91 Å². The summed E-state index contributed by atoms with van der Waals surface area (Å²) in [5.74, 6) is 0.807. The van der Waals surface area contributed by atoms with Gasteiger partial charge in [0.2, 0.25) is 11.8 Å². The van der Waals surface area contributed by atoms with Gasteiger partial charge in [0.15, 0.2) is 0 Å². The molecule has 0 aromatic heterocycles. The number of anilines is 1. The molecule has 4 aliphatic carbocycles. The zero-order valence-corrected chi connectivity index (χ0v) is 18.8. The maximum Gasteiger partial charge on any atom is 0.259 e. The van der Waals surface area contributed by atoms with Crippen LogP contribution in [-0.4, -0.2) is 36.4 Å². The van der Waals surface area contributed by atoms with Crippen LogP contribution in [0.4, 0.5) is 5.69 Å². The van der Waals surface area contributed by atoms with E-state index in [2.05, 4.69) is 12.2 Å². The van der Waals surface area contributed by atoms with E-state index >= 15 is 0 Å². The number of allylic oxidation sites excluding steroid dienone is 2. The maximum atomic E-state index is 13.5. The van der Waals surface area contributed by atoms with E-state index in [1.807, 2.05) is 0 Å². The molecular formula is C26H23ClN2O4. The molecule has 2 bridgehead atoms. The molecule has 0 unspecified atom stereocenters. The van der Waals surface area contributed by atoms with Crippen molar-refractivity contribution >= 4 is 35.0 Å². The summed E-state index contributed by atoms with van der Waals surface area (Å²) in [6.45, 7) is -0.118. The van der Waals surface area contributed by atoms with Crippen LogP contribution < -0.4 is 9.64 Å². The lowest BCUT2D eigenvalue weighted by atomic mass is 9.63. The van der Waals surface area contributed by atoms with Gasteiger partial charge in [0, 0.05) is 16.3 Å². The minimum Gasteiger partial charge on any atom is -0.497 e. The summed E-state index contributed by atoms with van der Waals surface area (Å²) in [7, 11) is 1.57. The van der Waals surface area contributed by atoms with Gasteiger partial charge in [-0.1, -0.05) is 23.8 Å². The van der Waals surface area contributed by atoms with Gasteiger partial charge in [-0.2, -0.15) is 0 Å². The minimum absolute atomic E-state index is 0.118. The fraction of sp³-hybridized carbons (Fsp3) is 0.346. The van der Waals surface area contributed by atoms with Crippen LogP contribution >= 0.6 is 11.6 Å². The van der Waals surface area contributed by atoms with E-state index < -0.39 is 0 Å². The van der Waals surface area contributed by atoms with E-state index in [0.717, 1.165) is 6.42 Å². The Kier molecular flexibility index (Phi) is 4.63. The van der Waals surface area contributed by atoms with E-state index in [4.69, 9.17) is 16.3 Å². The Balaban J connectivity index is 1.33. The molecule has 2 aromatic rings. The van der Waals surface area contributed by atoms with Gasteiger partial charge in [0.1, 0.15) is 12.4 Å². The van der Waals surface area contributed by atoms with E-state index in [0.29, 0.717) is 33.9 Å². The van der Waals surface area contributed by atoms with Crippen molar-refractivity contribution in [3.63, 3.8) is 0 Å². The predicted molar refractivity (Wildman–Crippen MR) is 123 cm³/mol. The number of amides is 3. The highest BCUT2D eigenvalue weighted by Crippen LogP contribution is 2.65. The SMILES string of the molecule is COc1ccc(N(CN2C(=O)[C@@H]3[C@H]4C=C[C@@H]([C@@H]5C[C@@H]45)[C@@H]3C2=O)C(=O)c2ccc(Cl)cc2)cc1. The Bertz CT molecular complexity index is 1140. The number of hydrogen-bond acceptors (Lipinski definition) is 4. The quantitative estimate of drug-likeness (QED) is 0.497. The summed E-state index contributed by atoms with van der Waals surface area (Å²) in [4.78, 5) is 43.2. The number of nitrogens with zero attached hydrogens (tertiary/aromatic N) is 2. The second-order valence-corrected chi connectivity index (χ2v) is 9.78. The Labute approximate surface area is 196 Å². The van der Waals surface area contributed by atoms with Crippen molar-refractivity contribution in [3.05, 3.63) is 71.3 Å². The number of methoxy groups -OCH3 is 1. The lowest BCUT2D eigenvalue weighted by Crippen LogP contribution is -2.45. The summed E-state index contributed by atoms with van der Waals surface area (Å²) in [5.41, 5.74) is 1.00. The number of imide groups is 1. The summed E-state index contributed by atoms with van der Waals surface area (Å²) in [6.07, 6.45) is 5.41. The predicted octanol–water partition coefficient (Wildman–Crippen LogP) is 4.01. The van der Waals surface area contributed by atoms with Gasteiger partial charge < -0.3 is 4.74 Å². The smallest absolute Gasteiger partial charge is 0.259 e. The van der Waals surface area contributed by atoms with E-state index in [1.54, 1.807) is 55.6 Å². The number of carbonyl (C=O) groups is 3. The molecule has 3 amide bonds. The number of benzene rings is 2. The van der Waals surface area contributed by atoms with Crippen molar-refractivity contribution in [2.24, 2.45) is 35.5 Å². The highest BCUT2D eigenvalue weighted by molar-refractivity contribution is 6.30. The lowest BCUT2D eigenvalue weighted by Gasteiger charge is -2.37. The summed E-state index contributed by atoms with van der Waals surface area (Å²) in [5, 5.41) is 0.526. The molecule has 1 heterocycles. The maximum absolute atomic E-state index is 13.5. The number of likely N-dealkylation sites (tertiary alicyclic amines) is 1. The van der Waals surface area contributed by atoms with E-state index in [9.17, 15) is 14.4 Å². The van der Waals surface area contributed by atoms with Crippen LogP contribution in [0.25, 0.3) is 0 Å². The van der Waals surface area contributed by atoms with Crippen LogP contribution in [0.2, 0.25) is 5.02 Å². The fourth-order valence-electron chi connectivity index (χ4n) is 6.07. The van der Waals surface area contributed by atoms with Crippen molar-refractivity contribution in [1.29, 1.82) is 0 Å². The van der Waals surface area contributed by atoms with Crippen LogP contribution in [0.1, 0.15) is 16.8 Å². The molecular weight excluding hydrogens is 440 g/mol. The van der Waals surface area contributed by atoms with Gasteiger partial charge in [-0.3, -0.25) is 24.2 Å². The van der Waals surface area contributed by atoms with Gasteiger partial charge >= 0.3 is 0 Å². The molecule has 5 aliphatic rings. The second-order valence-electron chi connectivity index (χ2n) is 9.34. The summed E-state index contributed by atoms with van der Waals surface area (Å²) >= 11 is 6.00. The molecule has 168 valence electrons. The van der Waals surface area contributed by atoms with Gasteiger partial charge in [0.05, 0.1) is 18.9 Å². The van der Waals surface area contributed by atoms with Gasteiger partial charge in [-0.25, -0.2) is 0 Å². The van der Waals surface area contributed by atoms with Crippen LogP contribution in [0.3, 0.4) is 0 Å². The van der Waals surface area contributed by atoms with Crippen molar-refractivity contribution in [3.8, 4) is 5.75 Å². The zero-order valence-electron chi connectivity index (χ0n) is 18.1. The first-order chi connectivity index (χ1) is 16.0. The first-order valence-electron chi connectivity index (χ1n) is 11.2. The molecule has 0 spiro atoms. The van der Waals surface area contributed by atoms with Crippen LogP contribution in [0.5, 0.6) is 5.75 Å². The van der Waals surface area contributed by atoms with Crippen molar-refractivity contribution in [2.75, 3.05) is 18.7 Å². The Morgan fingerprint density at radius 3 is 2.09 bits per heavy atom. The molecule has 2 saturated carbocycles. The van der Waals surface area contributed by atoms with Gasteiger partial charge in [-0.05, 0) is 78.6 Å². The molecule has 3 fully saturated rings. The van der Waals surface area contributed by atoms with Crippen molar-refractivity contribution in [2.45, 2.75) is 6.42 Å². The Morgan fingerprint density at radius 2 is 1.55 bits per heavy atom. The largest absolute Gasteiger partial charge is 0.497 e. The third-order valence-corrected chi connectivity index (χ3v) is 8.01. The average Bonchev–Trinajstić information content (AvgIpc) is 3.63. The van der Waals surface area contributed by atoms with Crippen LogP contribution in [0, 0.1) is 35.5 Å². The molecule has 6 atom stereocenters. The standard InChI is InChI=1S/C26H23ClN2O4/c1-33-17-8-6-16(7-9-17)28(24(30)14-2-4-15(27)5-3-14)13-29-25(31)22-18-10-11-19(21-12-20(18)21)23(22)26(29)32/h2-11,18-23H,12-13H2,1H3/t18-,19-,20-,21-,22-,23+/m0/s1. The second kappa shape index (κ2) is 7.45. The van der Waals surface area contributed by atoms with Crippen molar-refractivity contribution in [1.82, 2.24) is 4.90 Å². The Hall–Kier alpha value is -3.12. The molecule has 1 aliphatic heterocycles.